The molecule has 2 N–H and O–H groups in total. The van der Waals surface area contributed by atoms with Gasteiger partial charge in [-0.2, -0.15) is 0 Å². The number of carbonyl (C=O) groups is 1. The number of urea groups is 1. The first-order chi connectivity index (χ1) is 9.63. The molecule has 110 valence electrons. The second-order valence-electron chi connectivity index (χ2n) is 5.07. The topological polar surface area (TPSA) is 53.6 Å². The number of carbonyl (C=O) groups excluding carboxylic acids is 1. The van der Waals surface area contributed by atoms with Gasteiger partial charge in [0.15, 0.2) is 0 Å². The van der Waals surface area contributed by atoms with Crippen LogP contribution in [0.2, 0.25) is 0 Å². The molecule has 1 aliphatic rings. The molecule has 5 heteroatoms. The number of amides is 2. The third-order valence-electron chi connectivity index (χ3n) is 3.90. The van der Waals surface area contributed by atoms with Gasteiger partial charge in [0.05, 0.1) is 7.11 Å². The Balaban J connectivity index is 1.96. The Labute approximate surface area is 120 Å². The SMILES string of the molecule is COc1ccc(CNC(=O)N2CCNCC2)c(C)c1C. The summed E-state index contributed by atoms with van der Waals surface area (Å²) >= 11 is 0. The summed E-state index contributed by atoms with van der Waals surface area (Å²) in [6.07, 6.45) is 0. The molecule has 0 aliphatic carbocycles. The van der Waals surface area contributed by atoms with Crippen molar-refractivity contribution in [2.45, 2.75) is 20.4 Å². The van der Waals surface area contributed by atoms with Gasteiger partial charge in [-0.05, 0) is 36.6 Å². The van der Waals surface area contributed by atoms with Crippen molar-refractivity contribution < 1.29 is 9.53 Å². The lowest BCUT2D eigenvalue weighted by Gasteiger charge is -2.27. The molecule has 1 aliphatic heterocycles. The van der Waals surface area contributed by atoms with Crippen LogP contribution in [0.5, 0.6) is 5.75 Å². The summed E-state index contributed by atoms with van der Waals surface area (Å²) in [6.45, 7) is 7.93. The Morgan fingerprint density at radius 3 is 2.65 bits per heavy atom. The minimum atomic E-state index is 0.0133. The van der Waals surface area contributed by atoms with E-state index in [4.69, 9.17) is 4.74 Å². The highest BCUT2D eigenvalue weighted by atomic mass is 16.5. The number of piperazine rings is 1. The van der Waals surface area contributed by atoms with Gasteiger partial charge in [0.25, 0.3) is 0 Å². The van der Waals surface area contributed by atoms with Crippen LogP contribution in [0.3, 0.4) is 0 Å². The van der Waals surface area contributed by atoms with Gasteiger partial charge in [-0.1, -0.05) is 6.07 Å². The van der Waals surface area contributed by atoms with Crippen LogP contribution < -0.4 is 15.4 Å². The Morgan fingerprint density at radius 2 is 2.00 bits per heavy atom. The van der Waals surface area contributed by atoms with Gasteiger partial charge >= 0.3 is 6.03 Å². The first-order valence-corrected chi connectivity index (χ1v) is 7.00. The summed E-state index contributed by atoms with van der Waals surface area (Å²) in [7, 11) is 1.67. The monoisotopic (exact) mass is 277 g/mol. The zero-order chi connectivity index (χ0) is 14.5. The van der Waals surface area contributed by atoms with E-state index in [0.29, 0.717) is 6.54 Å². The van der Waals surface area contributed by atoms with Crippen molar-refractivity contribution in [3.63, 3.8) is 0 Å². The summed E-state index contributed by atoms with van der Waals surface area (Å²) in [5, 5.41) is 6.23. The van der Waals surface area contributed by atoms with Crippen molar-refractivity contribution >= 4 is 6.03 Å². The van der Waals surface area contributed by atoms with E-state index in [0.717, 1.165) is 43.1 Å². The van der Waals surface area contributed by atoms with Crippen molar-refractivity contribution in [2.75, 3.05) is 33.3 Å². The van der Waals surface area contributed by atoms with Gasteiger partial charge in [0, 0.05) is 32.7 Å². The van der Waals surface area contributed by atoms with Crippen molar-refractivity contribution in [1.29, 1.82) is 0 Å². The summed E-state index contributed by atoms with van der Waals surface area (Å²) in [4.78, 5) is 13.9. The van der Waals surface area contributed by atoms with Crippen LogP contribution in [-0.2, 0) is 6.54 Å². The number of hydrogen-bond donors (Lipinski definition) is 2. The van der Waals surface area contributed by atoms with Crippen molar-refractivity contribution in [3.05, 3.63) is 28.8 Å². The molecule has 0 spiro atoms. The normalized spacial score (nSPS) is 15.1. The molecule has 0 unspecified atom stereocenters. The average Bonchev–Trinajstić information content (AvgIpc) is 2.49. The molecule has 2 rings (SSSR count). The Hall–Kier alpha value is -1.75. The fourth-order valence-electron chi connectivity index (χ4n) is 2.42. The van der Waals surface area contributed by atoms with E-state index in [1.165, 1.54) is 5.56 Å². The van der Waals surface area contributed by atoms with Crippen LogP contribution in [-0.4, -0.2) is 44.2 Å². The van der Waals surface area contributed by atoms with E-state index < -0.39 is 0 Å². The number of benzene rings is 1. The first kappa shape index (κ1) is 14.7. The molecule has 1 aromatic rings. The molecule has 1 heterocycles. The second-order valence-corrected chi connectivity index (χ2v) is 5.07. The fourth-order valence-corrected chi connectivity index (χ4v) is 2.42. The van der Waals surface area contributed by atoms with Crippen LogP contribution in [0.15, 0.2) is 12.1 Å². The number of methoxy groups -OCH3 is 1. The molecule has 5 nitrogen and oxygen atoms in total. The molecule has 1 fully saturated rings. The minimum absolute atomic E-state index is 0.0133. The van der Waals surface area contributed by atoms with E-state index in [-0.39, 0.29) is 6.03 Å². The number of nitrogens with zero attached hydrogens (tertiary/aromatic N) is 1. The summed E-state index contributed by atoms with van der Waals surface area (Å²) in [6, 6.07) is 3.98. The Bertz CT molecular complexity index is 482. The number of hydrogen-bond acceptors (Lipinski definition) is 3. The maximum absolute atomic E-state index is 12.1. The first-order valence-electron chi connectivity index (χ1n) is 7.00. The largest absolute Gasteiger partial charge is 0.496 e. The summed E-state index contributed by atoms with van der Waals surface area (Å²) in [5.74, 6) is 0.889. The van der Waals surface area contributed by atoms with Crippen LogP contribution in [0.25, 0.3) is 0 Å². The third kappa shape index (κ3) is 3.22. The maximum atomic E-state index is 12.1. The highest BCUT2D eigenvalue weighted by Gasteiger charge is 2.16. The second kappa shape index (κ2) is 6.61. The Kier molecular flexibility index (Phi) is 4.84. The minimum Gasteiger partial charge on any atom is -0.496 e. The van der Waals surface area contributed by atoms with Gasteiger partial charge in [0.1, 0.15) is 5.75 Å². The highest BCUT2D eigenvalue weighted by molar-refractivity contribution is 5.74. The number of nitrogens with one attached hydrogen (secondary N) is 2. The van der Waals surface area contributed by atoms with Gasteiger partial charge < -0.3 is 20.3 Å². The number of ether oxygens (including phenoxy) is 1. The van der Waals surface area contributed by atoms with Gasteiger partial charge in [-0.25, -0.2) is 4.79 Å². The van der Waals surface area contributed by atoms with Gasteiger partial charge in [-0.15, -0.1) is 0 Å². The average molecular weight is 277 g/mol. The predicted octanol–water partition coefficient (Wildman–Crippen LogP) is 1.43. The maximum Gasteiger partial charge on any atom is 0.317 e. The summed E-state index contributed by atoms with van der Waals surface area (Å²) in [5.41, 5.74) is 3.43. The molecule has 0 atom stereocenters. The molecular formula is C15H23N3O2. The third-order valence-corrected chi connectivity index (χ3v) is 3.90. The van der Waals surface area contributed by atoms with Crippen LogP contribution in [0, 0.1) is 13.8 Å². The lowest BCUT2D eigenvalue weighted by molar-refractivity contribution is 0.189. The molecule has 0 aromatic heterocycles. The van der Waals surface area contributed by atoms with Gasteiger partial charge in [-0.3, -0.25) is 0 Å². The van der Waals surface area contributed by atoms with E-state index in [1.54, 1.807) is 7.11 Å². The molecule has 0 bridgehead atoms. The molecule has 1 saturated heterocycles. The zero-order valence-corrected chi connectivity index (χ0v) is 12.5. The highest BCUT2D eigenvalue weighted by Crippen LogP contribution is 2.23. The predicted molar refractivity (Wildman–Crippen MR) is 79.1 cm³/mol. The summed E-state index contributed by atoms with van der Waals surface area (Å²) < 4.78 is 5.30. The van der Waals surface area contributed by atoms with Crippen LogP contribution in [0.1, 0.15) is 16.7 Å². The molecular weight excluding hydrogens is 254 g/mol. The molecule has 0 radical (unpaired) electrons. The lowest BCUT2D eigenvalue weighted by atomic mass is 10.0. The quantitative estimate of drug-likeness (QED) is 0.879. The molecule has 2 amide bonds. The lowest BCUT2D eigenvalue weighted by Crippen LogP contribution is -2.50. The smallest absolute Gasteiger partial charge is 0.317 e. The molecule has 0 saturated carbocycles. The zero-order valence-electron chi connectivity index (χ0n) is 12.5. The number of rotatable bonds is 3. The van der Waals surface area contributed by atoms with E-state index in [1.807, 2.05) is 24.0 Å². The standard InChI is InChI=1S/C15H23N3O2/c1-11-12(2)14(20-3)5-4-13(11)10-17-15(19)18-8-6-16-7-9-18/h4-5,16H,6-10H2,1-3H3,(H,17,19). The van der Waals surface area contributed by atoms with Crippen molar-refractivity contribution in [3.8, 4) is 5.75 Å². The fraction of sp³-hybridized carbons (Fsp3) is 0.533. The Morgan fingerprint density at radius 1 is 1.30 bits per heavy atom. The van der Waals surface area contributed by atoms with Crippen molar-refractivity contribution in [2.24, 2.45) is 0 Å². The van der Waals surface area contributed by atoms with E-state index in [9.17, 15) is 4.79 Å². The van der Waals surface area contributed by atoms with Gasteiger partial charge in [0.2, 0.25) is 0 Å². The molecule has 1 aromatic carbocycles. The van der Waals surface area contributed by atoms with Crippen LogP contribution in [0.4, 0.5) is 4.79 Å². The van der Waals surface area contributed by atoms with E-state index >= 15 is 0 Å². The van der Waals surface area contributed by atoms with E-state index in [2.05, 4.69) is 17.6 Å². The van der Waals surface area contributed by atoms with Crippen LogP contribution >= 0.6 is 0 Å². The van der Waals surface area contributed by atoms with Crippen molar-refractivity contribution in [1.82, 2.24) is 15.5 Å². The molecule has 20 heavy (non-hydrogen) atoms.